The number of likely N-dealkylation sites (tertiary alicyclic amines) is 1. The van der Waals surface area contributed by atoms with Crippen LogP contribution in [0.2, 0.25) is 0 Å². The molecule has 1 saturated heterocycles. The van der Waals surface area contributed by atoms with Crippen LogP contribution in [0.5, 0.6) is 0 Å². The van der Waals surface area contributed by atoms with Crippen molar-refractivity contribution in [1.29, 1.82) is 0 Å². The highest BCUT2D eigenvalue weighted by Gasteiger charge is 2.70. The van der Waals surface area contributed by atoms with Gasteiger partial charge in [0.2, 0.25) is 23.5 Å². The lowest BCUT2D eigenvalue weighted by Crippen LogP contribution is -2.65. The number of nitrogens with one attached hydrogen (secondary N) is 3. The van der Waals surface area contributed by atoms with Gasteiger partial charge in [0, 0.05) is 19.6 Å². The van der Waals surface area contributed by atoms with E-state index in [1.54, 1.807) is 16.8 Å². The first kappa shape index (κ1) is 35.9. The number of primary amides is 1. The number of aliphatic hydroxyl groups is 1. The van der Waals surface area contributed by atoms with E-state index in [0.717, 1.165) is 12.8 Å². The summed E-state index contributed by atoms with van der Waals surface area (Å²) >= 11 is 0. The lowest BCUT2D eigenvalue weighted by atomic mass is 9.84. The third-order valence-electron chi connectivity index (χ3n) is 9.90. The highest BCUT2D eigenvalue weighted by atomic mass is 16.3. The topological polar surface area (TPSA) is 174 Å². The van der Waals surface area contributed by atoms with Crippen molar-refractivity contribution >= 4 is 29.4 Å². The van der Waals surface area contributed by atoms with E-state index < -0.39 is 58.9 Å². The second kappa shape index (κ2) is 12.7. The van der Waals surface area contributed by atoms with Crippen molar-refractivity contribution in [2.75, 3.05) is 13.6 Å². The van der Waals surface area contributed by atoms with Gasteiger partial charge < -0.3 is 26.0 Å². The van der Waals surface area contributed by atoms with E-state index in [-0.39, 0.29) is 41.0 Å². The molecule has 4 amide bonds. The van der Waals surface area contributed by atoms with Gasteiger partial charge in [0.1, 0.15) is 6.04 Å². The minimum Gasteiger partial charge on any atom is -0.365 e. The largest absolute Gasteiger partial charge is 0.365 e. The number of hydrogen-bond acceptors (Lipinski definition) is 8. The Kier molecular flexibility index (Phi) is 10.3. The van der Waals surface area contributed by atoms with Crippen molar-refractivity contribution in [2.24, 2.45) is 39.7 Å². The van der Waals surface area contributed by atoms with Gasteiger partial charge in [0.15, 0.2) is 6.35 Å². The van der Waals surface area contributed by atoms with Crippen LogP contribution in [0.4, 0.5) is 0 Å². The lowest BCUT2D eigenvalue weighted by Gasteiger charge is -2.40. The normalized spacial score (nSPS) is 25.5. The number of nitrogens with zero attached hydrogens (tertiary/aromatic N) is 2. The number of fused-ring (bicyclic) bond motifs is 1. The summed E-state index contributed by atoms with van der Waals surface area (Å²) in [6.45, 7) is 19.6. The van der Waals surface area contributed by atoms with E-state index in [1.165, 1.54) is 0 Å². The van der Waals surface area contributed by atoms with E-state index in [4.69, 9.17) is 5.73 Å². The molecule has 6 N–H and O–H groups in total. The van der Waals surface area contributed by atoms with Crippen molar-refractivity contribution in [3.05, 3.63) is 0 Å². The molecule has 0 bridgehead atoms. The molecule has 2 saturated carbocycles. The van der Waals surface area contributed by atoms with Crippen LogP contribution < -0.4 is 21.7 Å². The molecule has 250 valence electrons. The lowest BCUT2D eigenvalue weighted by molar-refractivity contribution is -0.146. The second-order valence-electron chi connectivity index (χ2n) is 16.2. The molecule has 0 aromatic heterocycles. The Labute approximate surface area is 262 Å². The number of carbonyl (C=O) groups excluding carboxylic acids is 5. The summed E-state index contributed by atoms with van der Waals surface area (Å²) in [5.41, 5.74) is 3.89. The van der Waals surface area contributed by atoms with Gasteiger partial charge in [-0.1, -0.05) is 68.2 Å². The Morgan fingerprint density at radius 3 is 1.95 bits per heavy atom. The number of aliphatic hydroxyl groups excluding tert-OH is 1. The molecular weight excluding hydrogens is 564 g/mol. The molecule has 0 spiro atoms. The van der Waals surface area contributed by atoms with Crippen molar-refractivity contribution in [3.8, 4) is 0 Å². The van der Waals surface area contributed by atoms with Crippen LogP contribution in [0.25, 0.3) is 0 Å². The molecule has 0 aromatic rings. The molecule has 2 unspecified atom stereocenters. The number of rotatable bonds is 13. The summed E-state index contributed by atoms with van der Waals surface area (Å²) in [7, 11) is 1.71. The Morgan fingerprint density at radius 1 is 0.977 bits per heavy atom. The number of amides is 4. The van der Waals surface area contributed by atoms with E-state index in [2.05, 4.69) is 29.8 Å². The van der Waals surface area contributed by atoms with E-state index in [0.29, 0.717) is 13.0 Å². The van der Waals surface area contributed by atoms with Crippen molar-refractivity contribution in [1.82, 2.24) is 25.8 Å². The maximum absolute atomic E-state index is 14.3. The predicted molar refractivity (Wildman–Crippen MR) is 166 cm³/mol. The van der Waals surface area contributed by atoms with Crippen LogP contribution in [0, 0.1) is 34.0 Å². The summed E-state index contributed by atoms with van der Waals surface area (Å²) in [5.74, 6) is -2.71. The van der Waals surface area contributed by atoms with Crippen molar-refractivity contribution < 1.29 is 29.1 Å². The standard InChI is InChI=1S/C32H56N6O6/c1-16(2)37(11)27(42)23(30(3,4)5)35-29(44)36-24(31(6,7)8)28(43)38-15-18-20(32(18,9)10)21(38)26(41)34-19(14-17-12-13-17)22(39)25(33)40/h16-21,23-24,29,35-36,44H,12-15H2,1-11H3,(H2,33,40)(H,34,41)/t18-,19?,20-,21-,23+,24+,29?/m0/s1. The number of carbonyl (C=O) groups is 5. The first-order valence-electron chi connectivity index (χ1n) is 15.9. The molecule has 12 heteroatoms. The highest BCUT2D eigenvalue weighted by Crippen LogP contribution is 2.65. The van der Waals surface area contributed by atoms with Gasteiger partial charge >= 0.3 is 0 Å². The zero-order chi connectivity index (χ0) is 33.7. The van der Waals surface area contributed by atoms with Crippen LogP contribution in [0.1, 0.15) is 88.5 Å². The zero-order valence-corrected chi connectivity index (χ0v) is 28.5. The molecule has 0 radical (unpaired) electrons. The summed E-state index contributed by atoms with van der Waals surface area (Å²) in [6.07, 6.45) is 0.785. The smallest absolute Gasteiger partial charge is 0.287 e. The maximum Gasteiger partial charge on any atom is 0.287 e. The average molecular weight is 621 g/mol. The number of ketones is 1. The SMILES string of the molecule is CC(C)N(C)C(=O)[C@@H](NC(O)N[C@H](C(=O)N1C[C@H]2[C@@H]([C@H]1C(=O)NC(CC1CC1)C(=O)C(N)=O)C2(C)C)C(C)(C)C)C(C)(C)C. The summed E-state index contributed by atoms with van der Waals surface area (Å²) in [5, 5.41) is 20.0. The van der Waals surface area contributed by atoms with Crippen LogP contribution >= 0.6 is 0 Å². The van der Waals surface area contributed by atoms with Gasteiger partial charge in [0.05, 0.1) is 18.1 Å². The van der Waals surface area contributed by atoms with Gasteiger partial charge in [-0.05, 0) is 54.3 Å². The van der Waals surface area contributed by atoms with E-state index >= 15 is 0 Å². The molecular formula is C32H56N6O6. The van der Waals surface area contributed by atoms with E-state index in [9.17, 15) is 29.1 Å². The summed E-state index contributed by atoms with van der Waals surface area (Å²) < 4.78 is 0. The highest BCUT2D eigenvalue weighted by molar-refractivity contribution is 6.37. The minimum atomic E-state index is -1.41. The van der Waals surface area contributed by atoms with Gasteiger partial charge in [-0.25, -0.2) is 0 Å². The monoisotopic (exact) mass is 620 g/mol. The molecule has 3 rings (SSSR count). The number of nitrogens with two attached hydrogens (primary N) is 1. The van der Waals surface area contributed by atoms with Gasteiger partial charge in [0.25, 0.3) is 5.91 Å². The van der Waals surface area contributed by atoms with Gasteiger partial charge in [-0.2, -0.15) is 0 Å². The Hall–Kier alpha value is -2.57. The number of piperidine rings is 1. The van der Waals surface area contributed by atoms with Crippen LogP contribution in [-0.4, -0.2) is 94.5 Å². The molecule has 1 aliphatic heterocycles. The zero-order valence-electron chi connectivity index (χ0n) is 28.5. The fraction of sp³-hybridized carbons (Fsp3) is 0.844. The fourth-order valence-corrected chi connectivity index (χ4v) is 6.53. The fourth-order valence-electron chi connectivity index (χ4n) is 6.53. The van der Waals surface area contributed by atoms with Crippen LogP contribution in [0.3, 0.4) is 0 Å². The third-order valence-corrected chi connectivity index (χ3v) is 9.90. The Morgan fingerprint density at radius 2 is 1.50 bits per heavy atom. The molecule has 3 fully saturated rings. The first-order chi connectivity index (χ1) is 20.0. The number of Topliss-reactive ketones (excluding diaryl/α,β-unsaturated/α-hetero) is 1. The van der Waals surface area contributed by atoms with Crippen molar-refractivity contribution in [2.45, 2.75) is 125 Å². The molecule has 3 aliphatic rings. The first-order valence-corrected chi connectivity index (χ1v) is 15.9. The molecule has 7 atom stereocenters. The number of hydrogen-bond donors (Lipinski definition) is 5. The molecule has 44 heavy (non-hydrogen) atoms. The molecule has 2 aliphatic carbocycles. The number of likely N-dealkylation sites (N-methyl/N-ethyl adjacent to an activating group) is 1. The Bertz CT molecular complexity index is 1140. The van der Waals surface area contributed by atoms with Gasteiger partial charge in [-0.3, -0.25) is 34.6 Å². The minimum absolute atomic E-state index is 0.0424. The van der Waals surface area contributed by atoms with E-state index in [1.807, 2.05) is 55.4 Å². The summed E-state index contributed by atoms with van der Waals surface area (Å²) in [4.78, 5) is 68.9. The molecule has 1 heterocycles. The average Bonchev–Trinajstić information content (AvgIpc) is 3.74. The Balaban J connectivity index is 1.84. The maximum atomic E-state index is 14.3. The quantitative estimate of drug-likeness (QED) is 0.150. The molecule has 12 nitrogen and oxygen atoms in total. The third kappa shape index (κ3) is 7.80. The second-order valence-corrected chi connectivity index (χ2v) is 16.2. The molecule has 0 aromatic carbocycles. The van der Waals surface area contributed by atoms with Gasteiger partial charge in [-0.15, -0.1) is 0 Å². The van der Waals surface area contributed by atoms with Crippen LogP contribution in [-0.2, 0) is 24.0 Å². The summed E-state index contributed by atoms with van der Waals surface area (Å²) in [6, 6.07) is -3.58. The predicted octanol–water partition coefficient (Wildman–Crippen LogP) is 0.960. The van der Waals surface area contributed by atoms with Crippen molar-refractivity contribution in [3.63, 3.8) is 0 Å². The van der Waals surface area contributed by atoms with Crippen LogP contribution in [0.15, 0.2) is 0 Å².